The monoisotopic (exact) mass is 246 g/mol. The second-order valence-electron chi connectivity index (χ2n) is 5.65. The van der Waals surface area contributed by atoms with Gasteiger partial charge in [-0.05, 0) is 49.4 Å². The second kappa shape index (κ2) is 6.24. The lowest BCUT2D eigenvalue weighted by Crippen LogP contribution is -2.38. The summed E-state index contributed by atoms with van der Waals surface area (Å²) in [4.78, 5) is 2.47. The topological polar surface area (TPSA) is 29.3 Å². The molecule has 2 unspecified atom stereocenters. The molecular weight excluding hydrogens is 220 g/mol. The molecule has 0 saturated heterocycles. The molecule has 1 fully saturated rings. The van der Waals surface area contributed by atoms with Crippen molar-refractivity contribution in [3.63, 3.8) is 0 Å². The van der Waals surface area contributed by atoms with Gasteiger partial charge in [-0.2, -0.15) is 0 Å². The minimum absolute atomic E-state index is 0.708. The van der Waals surface area contributed by atoms with Crippen LogP contribution in [0.4, 0.5) is 5.69 Å². The van der Waals surface area contributed by atoms with Crippen LogP contribution in [0.15, 0.2) is 24.3 Å². The molecule has 0 aliphatic heterocycles. The van der Waals surface area contributed by atoms with Crippen LogP contribution in [0.3, 0.4) is 0 Å². The van der Waals surface area contributed by atoms with Crippen LogP contribution in [0.1, 0.15) is 38.2 Å². The van der Waals surface area contributed by atoms with E-state index in [1.54, 1.807) is 0 Å². The zero-order valence-electron chi connectivity index (χ0n) is 11.7. The van der Waals surface area contributed by atoms with Gasteiger partial charge in [0.25, 0.3) is 0 Å². The molecule has 2 N–H and O–H groups in total. The molecular formula is C16H26N2. The molecule has 1 aliphatic rings. The van der Waals surface area contributed by atoms with Crippen molar-refractivity contribution in [2.75, 3.05) is 18.5 Å². The van der Waals surface area contributed by atoms with Crippen molar-refractivity contribution in [3.05, 3.63) is 29.8 Å². The van der Waals surface area contributed by atoms with Gasteiger partial charge in [-0.1, -0.05) is 31.9 Å². The molecule has 0 aromatic heterocycles. The molecule has 2 atom stereocenters. The minimum atomic E-state index is 0.708. The van der Waals surface area contributed by atoms with Gasteiger partial charge in [-0.3, -0.25) is 0 Å². The summed E-state index contributed by atoms with van der Waals surface area (Å²) >= 11 is 0. The molecule has 1 saturated carbocycles. The predicted octanol–water partition coefficient (Wildman–Crippen LogP) is 3.20. The molecule has 0 spiro atoms. The van der Waals surface area contributed by atoms with E-state index < -0.39 is 0 Å². The third kappa shape index (κ3) is 3.05. The molecule has 0 amide bonds. The highest BCUT2D eigenvalue weighted by atomic mass is 15.1. The highest BCUT2D eigenvalue weighted by Crippen LogP contribution is 2.30. The minimum Gasteiger partial charge on any atom is -0.371 e. The molecule has 0 radical (unpaired) electrons. The lowest BCUT2D eigenvalue weighted by Gasteiger charge is -2.37. The number of hydrogen-bond donors (Lipinski definition) is 1. The number of nitrogens with zero attached hydrogens (tertiary/aromatic N) is 1. The van der Waals surface area contributed by atoms with E-state index in [4.69, 9.17) is 5.73 Å². The highest BCUT2D eigenvalue weighted by Gasteiger charge is 2.24. The molecule has 1 aliphatic carbocycles. The van der Waals surface area contributed by atoms with E-state index in [0.717, 1.165) is 18.9 Å². The van der Waals surface area contributed by atoms with Crippen LogP contribution in [-0.4, -0.2) is 19.6 Å². The molecule has 2 rings (SSSR count). The first kappa shape index (κ1) is 13.4. The van der Waals surface area contributed by atoms with E-state index >= 15 is 0 Å². The molecule has 1 aromatic rings. The van der Waals surface area contributed by atoms with Crippen LogP contribution in [0.5, 0.6) is 0 Å². The van der Waals surface area contributed by atoms with Crippen molar-refractivity contribution in [2.45, 2.75) is 45.1 Å². The van der Waals surface area contributed by atoms with Gasteiger partial charge in [0.2, 0.25) is 0 Å². The normalized spacial score (nSPS) is 23.9. The summed E-state index contributed by atoms with van der Waals surface area (Å²) in [6.45, 7) is 3.12. The molecule has 2 heteroatoms. The van der Waals surface area contributed by atoms with Crippen molar-refractivity contribution < 1.29 is 0 Å². The van der Waals surface area contributed by atoms with Gasteiger partial charge in [0.1, 0.15) is 0 Å². The first-order chi connectivity index (χ1) is 8.72. The van der Waals surface area contributed by atoms with E-state index in [2.05, 4.69) is 43.1 Å². The van der Waals surface area contributed by atoms with E-state index in [1.165, 1.54) is 36.9 Å². The maximum absolute atomic E-state index is 5.58. The van der Waals surface area contributed by atoms with E-state index in [1.807, 2.05) is 0 Å². The number of benzene rings is 1. The van der Waals surface area contributed by atoms with Crippen LogP contribution in [0.2, 0.25) is 0 Å². The predicted molar refractivity (Wildman–Crippen MR) is 79.0 cm³/mol. The van der Waals surface area contributed by atoms with Crippen molar-refractivity contribution >= 4 is 5.69 Å². The highest BCUT2D eigenvalue weighted by molar-refractivity contribution is 5.48. The fraction of sp³-hybridized carbons (Fsp3) is 0.625. The summed E-state index contributed by atoms with van der Waals surface area (Å²) in [5, 5.41) is 0. The molecule has 18 heavy (non-hydrogen) atoms. The Morgan fingerprint density at radius 2 is 1.83 bits per heavy atom. The summed E-state index contributed by atoms with van der Waals surface area (Å²) in [6.07, 6.45) is 6.47. The molecule has 2 nitrogen and oxygen atoms in total. The SMILES string of the molecule is CC1CCCCC1N(C)c1ccc(CCN)cc1. The number of hydrogen-bond acceptors (Lipinski definition) is 2. The van der Waals surface area contributed by atoms with Crippen molar-refractivity contribution in [2.24, 2.45) is 11.7 Å². The zero-order chi connectivity index (χ0) is 13.0. The Morgan fingerprint density at radius 3 is 2.44 bits per heavy atom. The summed E-state index contributed by atoms with van der Waals surface area (Å²) < 4.78 is 0. The lowest BCUT2D eigenvalue weighted by atomic mass is 9.85. The Balaban J connectivity index is 2.05. The fourth-order valence-electron chi connectivity index (χ4n) is 3.13. The number of anilines is 1. The average molecular weight is 246 g/mol. The van der Waals surface area contributed by atoms with Gasteiger partial charge in [0.05, 0.1) is 0 Å². The number of rotatable bonds is 4. The Morgan fingerprint density at radius 1 is 1.17 bits per heavy atom. The van der Waals surface area contributed by atoms with Gasteiger partial charge in [-0.15, -0.1) is 0 Å². The summed E-state index contributed by atoms with van der Waals surface area (Å²) in [5.74, 6) is 0.812. The Kier molecular flexibility index (Phi) is 4.65. The average Bonchev–Trinajstić information content (AvgIpc) is 2.40. The van der Waals surface area contributed by atoms with Gasteiger partial charge >= 0.3 is 0 Å². The van der Waals surface area contributed by atoms with Crippen LogP contribution >= 0.6 is 0 Å². The molecule has 100 valence electrons. The van der Waals surface area contributed by atoms with Crippen LogP contribution < -0.4 is 10.6 Å². The zero-order valence-corrected chi connectivity index (χ0v) is 11.7. The maximum atomic E-state index is 5.58. The third-order valence-electron chi connectivity index (χ3n) is 4.34. The van der Waals surface area contributed by atoms with Crippen molar-refractivity contribution in [3.8, 4) is 0 Å². The van der Waals surface area contributed by atoms with Crippen LogP contribution in [-0.2, 0) is 6.42 Å². The second-order valence-corrected chi connectivity index (χ2v) is 5.65. The Labute approximate surface area is 111 Å². The standard InChI is InChI=1S/C16H26N2/c1-13-5-3-4-6-16(13)18(2)15-9-7-14(8-10-15)11-12-17/h7-10,13,16H,3-6,11-12,17H2,1-2H3. The van der Waals surface area contributed by atoms with Gasteiger partial charge in [0, 0.05) is 18.8 Å². The summed E-state index contributed by atoms with van der Waals surface area (Å²) in [5.41, 5.74) is 8.26. The van der Waals surface area contributed by atoms with E-state index in [-0.39, 0.29) is 0 Å². The molecule has 0 bridgehead atoms. The summed E-state index contributed by atoms with van der Waals surface area (Å²) in [7, 11) is 2.24. The van der Waals surface area contributed by atoms with Gasteiger partial charge < -0.3 is 10.6 Å². The smallest absolute Gasteiger partial charge is 0.0366 e. The molecule has 0 heterocycles. The van der Waals surface area contributed by atoms with Gasteiger partial charge in [-0.25, -0.2) is 0 Å². The number of nitrogens with two attached hydrogens (primary N) is 1. The fourth-order valence-corrected chi connectivity index (χ4v) is 3.13. The van der Waals surface area contributed by atoms with E-state index in [9.17, 15) is 0 Å². The first-order valence-corrected chi connectivity index (χ1v) is 7.24. The molecule has 1 aromatic carbocycles. The Hall–Kier alpha value is -1.02. The van der Waals surface area contributed by atoms with Crippen molar-refractivity contribution in [1.29, 1.82) is 0 Å². The van der Waals surface area contributed by atoms with Crippen LogP contribution in [0.25, 0.3) is 0 Å². The summed E-state index contributed by atoms with van der Waals surface area (Å²) in [6, 6.07) is 9.62. The van der Waals surface area contributed by atoms with Crippen molar-refractivity contribution in [1.82, 2.24) is 0 Å². The first-order valence-electron chi connectivity index (χ1n) is 7.24. The van der Waals surface area contributed by atoms with E-state index in [0.29, 0.717) is 6.04 Å². The van der Waals surface area contributed by atoms with Crippen LogP contribution in [0, 0.1) is 5.92 Å². The maximum Gasteiger partial charge on any atom is 0.0366 e. The Bertz CT molecular complexity index is 358. The largest absolute Gasteiger partial charge is 0.371 e. The quantitative estimate of drug-likeness (QED) is 0.884. The third-order valence-corrected chi connectivity index (χ3v) is 4.34. The van der Waals surface area contributed by atoms with Gasteiger partial charge in [0.15, 0.2) is 0 Å². The lowest BCUT2D eigenvalue weighted by molar-refractivity contribution is 0.321.